The minimum absolute atomic E-state index is 0.00184. The molecule has 2 N–H and O–H groups in total. The summed E-state index contributed by atoms with van der Waals surface area (Å²) in [5.74, 6) is -0.234. The van der Waals surface area contributed by atoms with Crippen LogP contribution in [-0.4, -0.2) is 22.3 Å². The maximum absolute atomic E-state index is 11.1. The number of hydrogen-bond acceptors (Lipinski definition) is 4. The number of rotatable bonds is 6. The van der Waals surface area contributed by atoms with Crippen molar-refractivity contribution < 1.29 is 14.4 Å². The van der Waals surface area contributed by atoms with Crippen LogP contribution in [-0.2, 0) is 11.3 Å². The van der Waals surface area contributed by atoms with E-state index in [9.17, 15) is 4.79 Å². The Kier molecular flexibility index (Phi) is 4.75. The fourth-order valence-electron chi connectivity index (χ4n) is 2.08. The molecule has 0 fully saturated rings. The van der Waals surface area contributed by atoms with E-state index in [1.54, 1.807) is 0 Å². The number of carbonyl (C=O) groups is 1. The van der Waals surface area contributed by atoms with Crippen molar-refractivity contribution in [2.45, 2.75) is 33.4 Å². The van der Waals surface area contributed by atoms with Crippen LogP contribution in [0.2, 0.25) is 0 Å². The van der Waals surface area contributed by atoms with Gasteiger partial charge in [0.1, 0.15) is 11.7 Å². The predicted molar refractivity (Wildman–Crippen MR) is 79.8 cm³/mol. The van der Waals surface area contributed by atoms with Gasteiger partial charge in [-0.15, -0.1) is 0 Å². The lowest BCUT2D eigenvalue weighted by molar-refractivity contribution is -0.140. The Labute approximate surface area is 124 Å². The molecule has 0 amide bonds. The molecule has 1 unspecified atom stereocenters. The first-order valence-electron chi connectivity index (χ1n) is 6.96. The van der Waals surface area contributed by atoms with Gasteiger partial charge in [-0.1, -0.05) is 48.8 Å². The van der Waals surface area contributed by atoms with Gasteiger partial charge in [0.2, 0.25) is 0 Å². The van der Waals surface area contributed by atoms with Gasteiger partial charge in [0.05, 0.1) is 6.54 Å². The fourth-order valence-corrected chi connectivity index (χ4v) is 2.08. The van der Waals surface area contributed by atoms with E-state index in [2.05, 4.69) is 10.5 Å². The van der Waals surface area contributed by atoms with Crippen molar-refractivity contribution in [2.75, 3.05) is 0 Å². The molecule has 21 heavy (non-hydrogen) atoms. The maximum atomic E-state index is 11.1. The van der Waals surface area contributed by atoms with Gasteiger partial charge in [-0.05, 0) is 12.8 Å². The van der Waals surface area contributed by atoms with Crippen LogP contribution in [0.15, 0.2) is 34.9 Å². The van der Waals surface area contributed by atoms with Crippen molar-refractivity contribution in [2.24, 2.45) is 5.92 Å². The minimum Gasteiger partial charge on any atom is -0.480 e. The Morgan fingerprint density at radius 2 is 2.00 bits per heavy atom. The molecule has 0 spiro atoms. The first kappa shape index (κ1) is 15.3. The number of benzene rings is 1. The monoisotopic (exact) mass is 288 g/mol. The lowest BCUT2D eigenvalue weighted by Gasteiger charge is -2.16. The third-order valence-corrected chi connectivity index (χ3v) is 3.34. The molecule has 5 nitrogen and oxygen atoms in total. The van der Waals surface area contributed by atoms with Crippen molar-refractivity contribution in [3.63, 3.8) is 0 Å². The zero-order chi connectivity index (χ0) is 15.4. The molecule has 0 bridgehead atoms. The number of carboxylic acid groups (broad SMARTS) is 1. The number of aromatic nitrogens is 1. The van der Waals surface area contributed by atoms with Gasteiger partial charge < -0.3 is 9.63 Å². The number of carboxylic acids is 1. The predicted octanol–water partition coefficient (Wildman–Crippen LogP) is 2.85. The lowest BCUT2D eigenvalue weighted by atomic mass is 10.0. The zero-order valence-electron chi connectivity index (χ0n) is 12.5. The molecule has 0 aliphatic rings. The van der Waals surface area contributed by atoms with Crippen LogP contribution in [0, 0.1) is 12.8 Å². The Balaban J connectivity index is 2.03. The van der Waals surface area contributed by atoms with Gasteiger partial charge in [0.15, 0.2) is 5.76 Å². The number of aryl methyl sites for hydroxylation is 1. The van der Waals surface area contributed by atoms with Crippen LogP contribution in [0.4, 0.5) is 0 Å². The Morgan fingerprint density at radius 3 is 2.57 bits per heavy atom. The van der Waals surface area contributed by atoms with E-state index in [4.69, 9.17) is 9.63 Å². The second kappa shape index (κ2) is 6.54. The van der Waals surface area contributed by atoms with Gasteiger partial charge in [-0.2, -0.15) is 0 Å². The molecule has 1 aromatic carbocycles. The largest absolute Gasteiger partial charge is 0.480 e. The molecule has 1 atom stereocenters. The van der Waals surface area contributed by atoms with Gasteiger partial charge >= 0.3 is 5.97 Å². The first-order valence-corrected chi connectivity index (χ1v) is 6.96. The average molecular weight is 288 g/mol. The van der Waals surface area contributed by atoms with E-state index in [-0.39, 0.29) is 5.92 Å². The van der Waals surface area contributed by atoms with Gasteiger partial charge in [0, 0.05) is 11.6 Å². The topological polar surface area (TPSA) is 75.4 Å². The van der Waals surface area contributed by atoms with Gasteiger partial charge in [0.25, 0.3) is 0 Å². The molecule has 5 heteroatoms. The highest BCUT2D eigenvalue weighted by Crippen LogP contribution is 2.19. The van der Waals surface area contributed by atoms with Crippen molar-refractivity contribution >= 4 is 5.97 Å². The standard InChI is InChI=1S/C16H20N2O3/c1-10(2)15(16(19)20)17-9-13-8-14(18-21-13)12-6-4-11(3)5-7-12/h4-8,10,15,17H,9H2,1-3H3,(H,19,20). The summed E-state index contributed by atoms with van der Waals surface area (Å²) in [4.78, 5) is 11.1. The molecular weight excluding hydrogens is 268 g/mol. The number of nitrogens with zero attached hydrogens (tertiary/aromatic N) is 1. The first-order chi connectivity index (χ1) is 9.97. The molecule has 112 valence electrons. The van der Waals surface area contributed by atoms with Crippen LogP contribution in [0.5, 0.6) is 0 Å². The Morgan fingerprint density at radius 1 is 1.33 bits per heavy atom. The molecule has 1 aromatic heterocycles. The summed E-state index contributed by atoms with van der Waals surface area (Å²) in [6.45, 7) is 6.10. The smallest absolute Gasteiger partial charge is 0.320 e. The van der Waals surface area contributed by atoms with Crippen molar-refractivity contribution in [3.8, 4) is 11.3 Å². The van der Waals surface area contributed by atoms with Crippen molar-refractivity contribution in [1.82, 2.24) is 10.5 Å². The van der Waals surface area contributed by atoms with E-state index in [1.165, 1.54) is 5.56 Å². The quantitative estimate of drug-likeness (QED) is 0.855. The summed E-state index contributed by atoms with van der Waals surface area (Å²) in [5.41, 5.74) is 2.92. The number of aliphatic carboxylic acids is 1. The van der Waals surface area contributed by atoms with Crippen molar-refractivity contribution in [1.29, 1.82) is 0 Å². The molecule has 0 saturated carbocycles. The molecular formula is C16H20N2O3. The van der Waals surface area contributed by atoms with E-state index >= 15 is 0 Å². The fraction of sp³-hybridized carbons (Fsp3) is 0.375. The summed E-state index contributed by atoms with van der Waals surface area (Å²) in [5, 5.41) is 16.1. The van der Waals surface area contributed by atoms with E-state index in [0.29, 0.717) is 12.3 Å². The average Bonchev–Trinajstić information content (AvgIpc) is 2.87. The maximum Gasteiger partial charge on any atom is 0.320 e. The molecule has 0 saturated heterocycles. The Hall–Kier alpha value is -2.14. The molecule has 2 aromatic rings. The molecule has 0 radical (unpaired) electrons. The second-order valence-corrected chi connectivity index (χ2v) is 5.49. The van der Waals surface area contributed by atoms with Gasteiger partial charge in [-0.3, -0.25) is 10.1 Å². The summed E-state index contributed by atoms with van der Waals surface area (Å²) >= 11 is 0. The number of nitrogens with one attached hydrogen (secondary N) is 1. The van der Waals surface area contributed by atoms with Gasteiger partial charge in [-0.25, -0.2) is 0 Å². The molecule has 0 aliphatic carbocycles. The van der Waals surface area contributed by atoms with Crippen LogP contribution in [0.25, 0.3) is 11.3 Å². The highest BCUT2D eigenvalue weighted by atomic mass is 16.5. The zero-order valence-corrected chi connectivity index (χ0v) is 12.5. The summed E-state index contributed by atoms with van der Waals surface area (Å²) < 4.78 is 5.25. The second-order valence-electron chi connectivity index (χ2n) is 5.49. The molecule has 0 aliphatic heterocycles. The summed E-state index contributed by atoms with van der Waals surface area (Å²) in [6.07, 6.45) is 0. The summed E-state index contributed by atoms with van der Waals surface area (Å²) in [7, 11) is 0. The molecule has 2 rings (SSSR count). The van der Waals surface area contributed by atoms with Crippen LogP contribution in [0.1, 0.15) is 25.2 Å². The third kappa shape index (κ3) is 3.92. The highest BCUT2D eigenvalue weighted by Gasteiger charge is 2.21. The van der Waals surface area contributed by atoms with E-state index < -0.39 is 12.0 Å². The Bertz CT molecular complexity index is 602. The normalized spacial score (nSPS) is 12.6. The van der Waals surface area contributed by atoms with Crippen LogP contribution < -0.4 is 5.32 Å². The third-order valence-electron chi connectivity index (χ3n) is 3.34. The highest BCUT2D eigenvalue weighted by molar-refractivity contribution is 5.73. The SMILES string of the molecule is Cc1ccc(-c2cc(CNC(C(=O)O)C(C)C)on2)cc1. The van der Waals surface area contributed by atoms with E-state index in [1.807, 2.05) is 51.1 Å². The lowest BCUT2D eigenvalue weighted by Crippen LogP contribution is -2.40. The van der Waals surface area contributed by atoms with Crippen molar-refractivity contribution in [3.05, 3.63) is 41.7 Å². The minimum atomic E-state index is -0.858. The van der Waals surface area contributed by atoms with Crippen LogP contribution in [0.3, 0.4) is 0 Å². The number of hydrogen-bond donors (Lipinski definition) is 2. The van der Waals surface area contributed by atoms with E-state index in [0.717, 1.165) is 11.3 Å². The molecule has 1 heterocycles. The van der Waals surface area contributed by atoms with Crippen LogP contribution >= 0.6 is 0 Å². The summed E-state index contributed by atoms with van der Waals surface area (Å²) in [6, 6.07) is 9.23.